The topological polar surface area (TPSA) is 44.0 Å². The van der Waals surface area contributed by atoms with Gasteiger partial charge in [0.2, 0.25) is 0 Å². The Bertz CT molecular complexity index is 589. The summed E-state index contributed by atoms with van der Waals surface area (Å²) < 4.78 is 0. The standard InChI is InChI=1S/C17H16ClNO/c1-12(16(18)14-5-3-2-4-6-14)17(20)15-9-7-13(11-19)8-10-15/h2-10,12,16-17,20H,1H3/t12-,16+,17+/m0/s1. The molecule has 0 saturated carbocycles. The molecule has 1 N–H and O–H groups in total. The summed E-state index contributed by atoms with van der Waals surface area (Å²) in [5.74, 6) is -0.132. The molecule has 0 fully saturated rings. The van der Waals surface area contributed by atoms with Crippen LogP contribution < -0.4 is 0 Å². The molecule has 20 heavy (non-hydrogen) atoms. The predicted molar refractivity (Wildman–Crippen MR) is 80.3 cm³/mol. The highest BCUT2D eigenvalue weighted by Crippen LogP contribution is 2.36. The maximum atomic E-state index is 10.4. The zero-order valence-corrected chi connectivity index (χ0v) is 12.0. The number of alkyl halides is 1. The number of halogens is 1. The molecule has 0 radical (unpaired) electrons. The van der Waals surface area contributed by atoms with Crippen LogP contribution >= 0.6 is 11.6 Å². The molecule has 3 atom stereocenters. The number of aliphatic hydroxyl groups is 1. The van der Waals surface area contributed by atoms with Gasteiger partial charge in [-0.3, -0.25) is 0 Å². The van der Waals surface area contributed by atoms with Gasteiger partial charge in [-0.1, -0.05) is 49.4 Å². The first kappa shape index (κ1) is 14.6. The van der Waals surface area contributed by atoms with Gasteiger partial charge in [-0.05, 0) is 23.3 Å². The van der Waals surface area contributed by atoms with Crippen molar-refractivity contribution < 1.29 is 5.11 Å². The maximum absolute atomic E-state index is 10.4. The van der Waals surface area contributed by atoms with E-state index in [9.17, 15) is 5.11 Å². The monoisotopic (exact) mass is 285 g/mol. The van der Waals surface area contributed by atoms with Gasteiger partial charge in [0.1, 0.15) is 0 Å². The van der Waals surface area contributed by atoms with Crippen molar-refractivity contribution in [3.05, 3.63) is 71.3 Å². The second-order valence-electron chi connectivity index (χ2n) is 4.85. The van der Waals surface area contributed by atoms with Gasteiger partial charge in [0.15, 0.2) is 0 Å². The Morgan fingerprint density at radius 1 is 1.00 bits per heavy atom. The lowest BCUT2D eigenvalue weighted by molar-refractivity contribution is 0.115. The van der Waals surface area contributed by atoms with Crippen LogP contribution in [0.3, 0.4) is 0 Å². The van der Waals surface area contributed by atoms with Gasteiger partial charge in [-0.15, -0.1) is 11.6 Å². The zero-order chi connectivity index (χ0) is 14.5. The van der Waals surface area contributed by atoms with E-state index >= 15 is 0 Å². The van der Waals surface area contributed by atoms with Crippen LogP contribution in [0.4, 0.5) is 0 Å². The molecular weight excluding hydrogens is 270 g/mol. The molecule has 2 aromatic carbocycles. The van der Waals surface area contributed by atoms with Crippen molar-refractivity contribution in [2.24, 2.45) is 5.92 Å². The number of aliphatic hydroxyl groups excluding tert-OH is 1. The molecule has 0 aliphatic rings. The van der Waals surface area contributed by atoms with E-state index in [0.717, 1.165) is 11.1 Å². The summed E-state index contributed by atoms with van der Waals surface area (Å²) in [7, 11) is 0. The summed E-state index contributed by atoms with van der Waals surface area (Å²) in [5.41, 5.74) is 2.35. The number of nitrogens with zero attached hydrogens (tertiary/aromatic N) is 1. The number of benzene rings is 2. The minimum atomic E-state index is -0.662. The lowest BCUT2D eigenvalue weighted by Gasteiger charge is -2.24. The number of nitriles is 1. The van der Waals surface area contributed by atoms with Crippen LogP contribution in [0, 0.1) is 17.2 Å². The molecular formula is C17H16ClNO. The van der Waals surface area contributed by atoms with E-state index in [1.54, 1.807) is 24.3 Å². The second-order valence-corrected chi connectivity index (χ2v) is 5.32. The highest BCUT2D eigenvalue weighted by Gasteiger charge is 2.25. The maximum Gasteiger partial charge on any atom is 0.0991 e. The van der Waals surface area contributed by atoms with Gasteiger partial charge in [-0.2, -0.15) is 5.26 Å². The average Bonchev–Trinajstić information content (AvgIpc) is 2.53. The fraction of sp³-hybridized carbons (Fsp3) is 0.235. The molecule has 0 bridgehead atoms. The van der Waals surface area contributed by atoms with E-state index in [1.165, 1.54) is 0 Å². The predicted octanol–water partition coefficient (Wildman–Crippen LogP) is 4.21. The number of rotatable bonds is 4. The lowest BCUT2D eigenvalue weighted by Crippen LogP contribution is -2.14. The molecule has 2 aromatic rings. The van der Waals surface area contributed by atoms with E-state index in [-0.39, 0.29) is 11.3 Å². The summed E-state index contributed by atoms with van der Waals surface area (Å²) >= 11 is 6.45. The van der Waals surface area contributed by atoms with Crippen LogP contribution in [0.1, 0.15) is 35.1 Å². The largest absolute Gasteiger partial charge is 0.388 e. The third kappa shape index (κ3) is 3.19. The molecule has 0 heterocycles. The third-order valence-electron chi connectivity index (χ3n) is 3.46. The van der Waals surface area contributed by atoms with E-state index in [1.807, 2.05) is 37.3 Å². The average molecular weight is 286 g/mol. The Labute approximate surface area is 124 Å². The van der Waals surface area contributed by atoms with Crippen LogP contribution in [-0.4, -0.2) is 5.11 Å². The van der Waals surface area contributed by atoms with Crippen LogP contribution in [-0.2, 0) is 0 Å². The van der Waals surface area contributed by atoms with E-state index in [0.29, 0.717) is 5.56 Å². The van der Waals surface area contributed by atoms with Gasteiger partial charge in [0.25, 0.3) is 0 Å². The third-order valence-corrected chi connectivity index (χ3v) is 4.11. The van der Waals surface area contributed by atoms with Crippen molar-refractivity contribution in [2.45, 2.75) is 18.4 Å². The minimum absolute atomic E-state index is 0.132. The molecule has 0 spiro atoms. The van der Waals surface area contributed by atoms with Crippen molar-refractivity contribution in [3.8, 4) is 6.07 Å². The highest BCUT2D eigenvalue weighted by molar-refractivity contribution is 6.21. The highest BCUT2D eigenvalue weighted by atomic mass is 35.5. The quantitative estimate of drug-likeness (QED) is 0.855. The van der Waals surface area contributed by atoms with Crippen LogP contribution in [0.2, 0.25) is 0 Å². The molecule has 102 valence electrons. The molecule has 0 amide bonds. The summed E-state index contributed by atoms with van der Waals surface area (Å²) in [6, 6.07) is 18.7. The SMILES string of the molecule is C[C@H]([C@@H](O)c1ccc(C#N)cc1)[C@@H](Cl)c1ccccc1. The smallest absolute Gasteiger partial charge is 0.0991 e. The second kappa shape index (κ2) is 6.56. The first-order valence-electron chi connectivity index (χ1n) is 6.50. The Balaban J connectivity index is 2.15. The van der Waals surface area contributed by atoms with Crippen LogP contribution in [0.25, 0.3) is 0 Å². The molecule has 0 aromatic heterocycles. The van der Waals surface area contributed by atoms with Crippen molar-refractivity contribution in [2.75, 3.05) is 0 Å². The van der Waals surface area contributed by atoms with Crippen molar-refractivity contribution in [1.82, 2.24) is 0 Å². The van der Waals surface area contributed by atoms with E-state index in [4.69, 9.17) is 16.9 Å². The lowest BCUT2D eigenvalue weighted by atomic mass is 9.90. The summed E-state index contributed by atoms with van der Waals surface area (Å²) in [5, 5.41) is 18.9. The Kier molecular flexibility index (Phi) is 4.79. The Morgan fingerprint density at radius 3 is 2.15 bits per heavy atom. The summed E-state index contributed by atoms with van der Waals surface area (Å²) in [6.07, 6.45) is -0.662. The van der Waals surface area contributed by atoms with Gasteiger partial charge >= 0.3 is 0 Å². The molecule has 2 rings (SSSR count). The minimum Gasteiger partial charge on any atom is -0.388 e. The molecule has 2 nitrogen and oxygen atoms in total. The fourth-order valence-electron chi connectivity index (χ4n) is 2.16. The van der Waals surface area contributed by atoms with Crippen LogP contribution in [0.5, 0.6) is 0 Å². The fourth-order valence-corrected chi connectivity index (χ4v) is 2.44. The summed E-state index contributed by atoms with van der Waals surface area (Å²) in [4.78, 5) is 0. The van der Waals surface area contributed by atoms with Gasteiger partial charge in [0, 0.05) is 5.92 Å². The van der Waals surface area contributed by atoms with Gasteiger partial charge < -0.3 is 5.11 Å². The molecule has 0 unspecified atom stereocenters. The van der Waals surface area contributed by atoms with E-state index < -0.39 is 6.10 Å². The first-order chi connectivity index (χ1) is 9.63. The Hall–Kier alpha value is -1.82. The zero-order valence-electron chi connectivity index (χ0n) is 11.2. The number of hydrogen-bond donors (Lipinski definition) is 1. The van der Waals surface area contributed by atoms with Crippen LogP contribution in [0.15, 0.2) is 54.6 Å². The normalized spacial score (nSPS) is 15.1. The Morgan fingerprint density at radius 2 is 1.60 bits per heavy atom. The number of hydrogen-bond acceptors (Lipinski definition) is 2. The van der Waals surface area contributed by atoms with Gasteiger partial charge in [-0.25, -0.2) is 0 Å². The molecule has 0 aliphatic carbocycles. The van der Waals surface area contributed by atoms with Crippen molar-refractivity contribution >= 4 is 11.6 Å². The first-order valence-corrected chi connectivity index (χ1v) is 6.94. The summed E-state index contributed by atoms with van der Waals surface area (Å²) in [6.45, 7) is 1.92. The van der Waals surface area contributed by atoms with Crippen molar-refractivity contribution in [3.63, 3.8) is 0 Å². The molecule has 0 saturated heterocycles. The molecule has 0 aliphatic heterocycles. The van der Waals surface area contributed by atoms with E-state index in [2.05, 4.69) is 6.07 Å². The van der Waals surface area contributed by atoms with Gasteiger partial charge in [0.05, 0.1) is 23.1 Å². The van der Waals surface area contributed by atoms with Crippen molar-refractivity contribution in [1.29, 1.82) is 5.26 Å². The molecule has 3 heteroatoms.